The number of fused-ring (bicyclic) bond motifs is 1. The molecule has 6 heteroatoms. The van der Waals surface area contributed by atoms with E-state index in [1.165, 1.54) is 0 Å². The number of aryl methyl sites for hydroxylation is 1. The topological polar surface area (TPSA) is 70.8 Å². The average molecular weight is 460 g/mol. The lowest BCUT2D eigenvalue weighted by Gasteiger charge is -2.25. The maximum atomic E-state index is 12.3. The van der Waals surface area contributed by atoms with E-state index >= 15 is 0 Å². The van der Waals surface area contributed by atoms with Gasteiger partial charge in [0, 0.05) is 22.8 Å². The first-order chi connectivity index (χ1) is 16.4. The number of carbonyl (C=O) groups excluding carboxylic acids is 1. The quantitative estimate of drug-likeness (QED) is 0.280. The Morgan fingerprint density at radius 3 is 2.29 bits per heavy atom. The van der Waals surface area contributed by atoms with Gasteiger partial charge < -0.3 is 18.6 Å². The highest BCUT2D eigenvalue weighted by Gasteiger charge is 2.32. The van der Waals surface area contributed by atoms with Crippen LogP contribution in [0.1, 0.15) is 32.2 Å². The van der Waals surface area contributed by atoms with E-state index in [1.54, 1.807) is 20.8 Å². The van der Waals surface area contributed by atoms with Crippen LogP contribution in [0.25, 0.3) is 22.2 Å². The second-order valence-corrected chi connectivity index (χ2v) is 8.43. The highest BCUT2D eigenvalue weighted by molar-refractivity contribution is 5.93. The van der Waals surface area contributed by atoms with Crippen molar-refractivity contribution >= 4 is 16.7 Å². The van der Waals surface area contributed by atoms with Gasteiger partial charge in [0.25, 0.3) is 0 Å². The van der Waals surface area contributed by atoms with Gasteiger partial charge in [-0.15, -0.1) is 0 Å². The van der Waals surface area contributed by atoms with Crippen LogP contribution in [0.3, 0.4) is 0 Å². The number of oxazole rings is 1. The fraction of sp³-hybridized carbons (Fsp3) is 0.286. The van der Waals surface area contributed by atoms with Gasteiger partial charge in [-0.1, -0.05) is 42.5 Å². The molecule has 0 atom stereocenters. The normalized spacial score (nSPS) is 11.4. The number of nitrogens with zero attached hydrogens (tertiary/aromatic N) is 1. The van der Waals surface area contributed by atoms with Crippen LogP contribution in [0.4, 0.5) is 0 Å². The first-order valence-electron chi connectivity index (χ1n) is 11.4. The Bertz CT molecular complexity index is 1280. The molecule has 0 bridgehead atoms. The van der Waals surface area contributed by atoms with Gasteiger partial charge in [-0.25, -0.2) is 9.78 Å². The van der Waals surface area contributed by atoms with Gasteiger partial charge in [-0.2, -0.15) is 0 Å². The number of carbonyl (C=O) groups is 1. The molecule has 0 unspecified atom stereocenters. The van der Waals surface area contributed by atoms with Crippen molar-refractivity contribution in [3.05, 3.63) is 78.2 Å². The smallest absolute Gasteiger partial charge is 0.349 e. The minimum atomic E-state index is -1.11. The van der Waals surface area contributed by atoms with Crippen molar-refractivity contribution in [1.29, 1.82) is 0 Å². The summed E-state index contributed by atoms with van der Waals surface area (Å²) in [5.74, 6) is 2.33. The molecule has 176 valence electrons. The molecule has 4 rings (SSSR count). The number of rotatable bonds is 9. The molecule has 4 aromatic rings. The molecular formula is C28H29NO5. The van der Waals surface area contributed by atoms with Crippen molar-refractivity contribution in [3.63, 3.8) is 0 Å². The Morgan fingerprint density at radius 2 is 1.59 bits per heavy atom. The molecule has 1 aromatic heterocycles. The Hall–Kier alpha value is -3.80. The predicted octanol–water partition coefficient (Wildman–Crippen LogP) is 6.15. The van der Waals surface area contributed by atoms with Crippen LogP contribution in [0, 0.1) is 6.92 Å². The lowest BCUT2D eigenvalue weighted by Crippen LogP contribution is -2.39. The monoisotopic (exact) mass is 459 g/mol. The zero-order chi connectivity index (χ0) is 24.1. The molecule has 0 amide bonds. The molecule has 34 heavy (non-hydrogen) atoms. The molecule has 0 aliphatic heterocycles. The molecule has 0 aliphatic rings. The summed E-state index contributed by atoms with van der Waals surface area (Å²) >= 11 is 0. The van der Waals surface area contributed by atoms with Gasteiger partial charge in [-0.3, -0.25) is 0 Å². The summed E-state index contributed by atoms with van der Waals surface area (Å²) in [6.07, 6.45) is 0.616. The van der Waals surface area contributed by atoms with Crippen LogP contribution >= 0.6 is 0 Å². The zero-order valence-electron chi connectivity index (χ0n) is 20.0. The van der Waals surface area contributed by atoms with E-state index < -0.39 is 11.6 Å². The minimum absolute atomic E-state index is 0.303. The van der Waals surface area contributed by atoms with E-state index in [1.807, 2.05) is 73.7 Å². The Kier molecular flexibility index (Phi) is 6.87. The van der Waals surface area contributed by atoms with Gasteiger partial charge in [0.15, 0.2) is 5.60 Å². The Morgan fingerprint density at radius 1 is 0.941 bits per heavy atom. The van der Waals surface area contributed by atoms with Crippen molar-refractivity contribution in [1.82, 2.24) is 4.98 Å². The third-order valence-electron chi connectivity index (χ3n) is 5.49. The summed E-state index contributed by atoms with van der Waals surface area (Å²) in [6.45, 7) is 7.85. The number of esters is 1. The number of benzene rings is 3. The molecule has 0 aliphatic carbocycles. The maximum absolute atomic E-state index is 12.3. The molecule has 0 spiro atoms. The van der Waals surface area contributed by atoms with Crippen molar-refractivity contribution in [2.24, 2.45) is 0 Å². The first kappa shape index (κ1) is 23.4. The summed E-state index contributed by atoms with van der Waals surface area (Å²) in [5.41, 5.74) is 0.714. The van der Waals surface area contributed by atoms with Crippen LogP contribution in [-0.4, -0.2) is 29.8 Å². The van der Waals surface area contributed by atoms with Gasteiger partial charge in [0.2, 0.25) is 5.89 Å². The second kappa shape index (κ2) is 10.00. The highest BCUT2D eigenvalue weighted by Crippen LogP contribution is 2.35. The fourth-order valence-corrected chi connectivity index (χ4v) is 3.70. The number of aromatic nitrogens is 1. The first-order valence-corrected chi connectivity index (χ1v) is 11.4. The van der Waals surface area contributed by atoms with Gasteiger partial charge in [0.05, 0.1) is 18.9 Å². The van der Waals surface area contributed by atoms with E-state index in [9.17, 15) is 4.79 Å². The molecule has 6 nitrogen and oxygen atoms in total. The predicted molar refractivity (Wildman–Crippen MR) is 131 cm³/mol. The van der Waals surface area contributed by atoms with Crippen LogP contribution < -0.4 is 9.47 Å². The van der Waals surface area contributed by atoms with Crippen LogP contribution in [-0.2, 0) is 16.0 Å². The summed E-state index contributed by atoms with van der Waals surface area (Å²) < 4.78 is 23.2. The van der Waals surface area contributed by atoms with E-state index in [2.05, 4.69) is 4.98 Å². The molecule has 0 fully saturated rings. The summed E-state index contributed by atoms with van der Waals surface area (Å²) in [5, 5.41) is 1.77. The van der Waals surface area contributed by atoms with E-state index in [0.29, 0.717) is 31.3 Å². The van der Waals surface area contributed by atoms with Gasteiger partial charge >= 0.3 is 5.97 Å². The Labute approximate surface area is 199 Å². The number of ether oxygens (including phenoxy) is 3. The standard InChI is InChI=1S/C28H29NO5/c1-5-31-27(30)28(3,4)34-25-16-15-24(21-13-9-10-14-22(21)25)32-18-17-23-19(2)33-26(29-23)20-11-7-6-8-12-20/h6-16H,5,17-18H2,1-4H3. The molecule has 0 saturated carbocycles. The minimum Gasteiger partial charge on any atom is -0.493 e. The van der Waals surface area contributed by atoms with Crippen LogP contribution in [0.5, 0.6) is 11.5 Å². The lowest BCUT2D eigenvalue weighted by molar-refractivity contribution is -0.158. The van der Waals surface area contributed by atoms with E-state index in [-0.39, 0.29) is 0 Å². The van der Waals surface area contributed by atoms with Crippen molar-refractivity contribution in [2.45, 2.75) is 39.7 Å². The average Bonchev–Trinajstić information content (AvgIpc) is 3.21. The highest BCUT2D eigenvalue weighted by atomic mass is 16.6. The second-order valence-electron chi connectivity index (χ2n) is 8.43. The molecule has 3 aromatic carbocycles. The van der Waals surface area contributed by atoms with E-state index in [4.69, 9.17) is 18.6 Å². The number of hydrogen-bond donors (Lipinski definition) is 0. The summed E-state index contributed by atoms with van der Waals surface area (Å²) in [6, 6.07) is 21.3. The maximum Gasteiger partial charge on any atom is 0.349 e. The van der Waals surface area contributed by atoms with Crippen LogP contribution in [0.15, 0.2) is 71.1 Å². The Balaban J connectivity index is 1.49. The van der Waals surface area contributed by atoms with Crippen molar-refractivity contribution in [3.8, 4) is 23.0 Å². The summed E-state index contributed by atoms with van der Waals surface area (Å²) in [7, 11) is 0. The molecular weight excluding hydrogens is 430 g/mol. The summed E-state index contributed by atoms with van der Waals surface area (Å²) in [4.78, 5) is 16.9. The van der Waals surface area contributed by atoms with Crippen molar-refractivity contribution < 1.29 is 23.4 Å². The van der Waals surface area contributed by atoms with Gasteiger partial charge in [-0.05, 0) is 52.0 Å². The lowest BCUT2D eigenvalue weighted by atomic mass is 10.1. The van der Waals surface area contributed by atoms with Crippen LogP contribution in [0.2, 0.25) is 0 Å². The molecule has 0 N–H and O–H groups in total. The zero-order valence-corrected chi connectivity index (χ0v) is 20.0. The third kappa shape index (κ3) is 5.06. The fourth-order valence-electron chi connectivity index (χ4n) is 3.70. The molecule has 0 saturated heterocycles. The molecule has 0 radical (unpaired) electrons. The van der Waals surface area contributed by atoms with E-state index in [0.717, 1.165) is 33.5 Å². The largest absolute Gasteiger partial charge is 0.493 e. The third-order valence-corrected chi connectivity index (χ3v) is 5.49. The van der Waals surface area contributed by atoms with Crippen molar-refractivity contribution in [2.75, 3.05) is 13.2 Å². The number of hydrogen-bond acceptors (Lipinski definition) is 6. The molecule has 1 heterocycles. The van der Waals surface area contributed by atoms with Gasteiger partial charge in [0.1, 0.15) is 17.3 Å². The SMILES string of the molecule is CCOC(=O)C(C)(C)Oc1ccc(OCCc2nc(-c3ccccc3)oc2C)c2ccccc12.